The standard InChI is InChI=1S/C55H59FN8O14S/c1-8-62-23-26(40(65)25-21-28(56)30(22-29(25)62)63-19-17-61(7)18-20-63)48(72)58-37(24-13-10-9-11-14-24)49(73)59-38-50(74)64-44(53(2,3)79-51(38)64)52(75)78-31-16-12-15-27-32(31)41(66)33-35(54(27,4)76)43(68)36-39(60(5)6)42(67)34(47(57)71)46(70)55(36,77)45(33)69/h9-16,21-23,33-39,43-44,51,68,76-77H,8,17-20H2,1-7H3,(H2,57,71)(H,58,72)(H,59,73). The Kier molecular flexibility index (Phi) is 13.6. The number of fused-ring (bicyclic) bond motifs is 5. The van der Waals surface area contributed by atoms with Gasteiger partial charge >= 0.3 is 5.97 Å². The number of aliphatic hydroxyl groups is 3. The third-order valence-electron chi connectivity index (χ3n) is 16.8. The van der Waals surface area contributed by atoms with Crippen molar-refractivity contribution in [2.24, 2.45) is 29.4 Å². The molecule has 22 nitrogen and oxygen atoms in total. The third-order valence-corrected chi connectivity index (χ3v) is 18.4. The van der Waals surface area contributed by atoms with Gasteiger partial charge in [-0.2, -0.15) is 0 Å². The number of nitrogens with one attached hydrogen (secondary N) is 2. The lowest BCUT2D eigenvalue weighted by atomic mass is 9.48. The van der Waals surface area contributed by atoms with E-state index in [0.29, 0.717) is 30.8 Å². The average Bonchev–Trinajstić information content (AvgIpc) is 3.77. The van der Waals surface area contributed by atoms with E-state index in [4.69, 9.17) is 10.5 Å². The fraction of sp³-hybridized carbons (Fsp3) is 0.455. The molecule has 12 atom stereocenters. The molecule has 3 saturated heterocycles. The highest BCUT2D eigenvalue weighted by Crippen LogP contribution is 2.57. The molecule has 2 saturated carbocycles. The summed E-state index contributed by atoms with van der Waals surface area (Å²) in [6.07, 6.45) is -0.741. The van der Waals surface area contributed by atoms with Gasteiger partial charge < -0.3 is 55.7 Å². The summed E-state index contributed by atoms with van der Waals surface area (Å²) in [5, 5.41) is 40.9. The molecule has 416 valence electrons. The largest absolute Gasteiger partial charge is 0.424 e. The van der Waals surface area contributed by atoms with E-state index in [2.05, 4.69) is 15.5 Å². The predicted molar refractivity (Wildman–Crippen MR) is 281 cm³/mol. The molecule has 3 aliphatic heterocycles. The Labute approximate surface area is 455 Å². The fourth-order valence-electron chi connectivity index (χ4n) is 12.8. The molecule has 3 aliphatic carbocycles. The Morgan fingerprint density at radius 2 is 1.59 bits per heavy atom. The maximum atomic E-state index is 15.8. The molecule has 0 spiro atoms. The van der Waals surface area contributed by atoms with Gasteiger partial charge in [0.25, 0.3) is 5.91 Å². The van der Waals surface area contributed by atoms with Gasteiger partial charge in [-0.1, -0.05) is 42.5 Å². The first-order chi connectivity index (χ1) is 37.2. The van der Waals surface area contributed by atoms with Crippen LogP contribution in [0, 0.1) is 29.5 Å². The molecule has 0 bridgehead atoms. The van der Waals surface area contributed by atoms with Crippen LogP contribution in [-0.2, 0) is 45.7 Å². The van der Waals surface area contributed by atoms with Crippen LogP contribution in [0.3, 0.4) is 0 Å². The van der Waals surface area contributed by atoms with Crippen LogP contribution < -0.4 is 31.4 Å². The van der Waals surface area contributed by atoms with Gasteiger partial charge in [0.2, 0.25) is 23.2 Å². The van der Waals surface area contributed by atoms with Crippen LogP contribution in [0.25, 0.3) is 10.9 Å². The molecule has 4 aromatic rings. The van der Waals surface area contributed by atoms with Crippen molar-refractivity contribution in [1.82, 2.24) is 29.9 Å². The zero-order chi connectivity index (χ0) is 57.3. The number of pyridine rings is 1. The lowest BCUT2D eigenvalue weighted by molar-refractivity contribution is -0.210. The number of likely N-dealkylation sites (N-methyl/N-ethyl adjacent to an activating group) is 2. The summed E-state index contributed by atoms with van der Waals surface area (Å²) in [4.78, 5) is 147. The second kappa shape index (κ2) is 19.5. The number of aryl methyl sites for hydroxylation is 1. The van der Waals surface area contributed by atoms with Gasteiger partial charge in [0, 0.05) is 55.0 Å². The van der Waals surface area contributed by atoms with E-state index in [-0.39, 0.29) is 22.1 Å². The summed E-state index contributed by atoms with van der Waals surface area (Å²) in [7, 11) is 4.66. The summed E-state index contributed by atoms with van der Waals surface area (Å²) in [5.41, 5.74) is -1.05. The van der Waals surface area contributed by atoms with Crippen molar-refractivity contribution in [1.29, 1.82) is 0 Å². The first-order valence-corrected chi connectivity index (χ1v) is 26.6. The highest BCUT2D eigenvalue weighted by Gasteiger charge is 2.75. The van der Waals surface area contributed by atoms with E-state index in [9.17, 15) is 63.3 Å². The second-order valence-electron chi connectivity index (χ2n) is 22.1. The predicted octanol–water partition coefficient (Wildman–Crippen LogP) is -0.353. The summed E-state index contributed by atoms with van der Waals surface area (Å²) in [6.45, 7) is 9.15. The highest BCUT2D eigenvalue weighted by molar-refractivity contribution is 8.01. The number of ether oxygens (including phenoxy) is 1. The molecule has 4 heterocycles. The Morgan fingerprint density at radius 3 is 2.23 bits per heavy atom. The van der Waals surface area contributed by atoms with Crippen LogP contribution in [0.15, 0.2) is 71.7 Å². The number of thioether (sulfide) groups is 1. The zero-order valence-corrected chi connectivity index (χ0v) is 44.9. The summed E-state index contributed by atoms with van der Waals surface area (Å²) >= 11 is 1.14. The topological polar surface area (TPSA) is 309 Å². The number of amides is 4. The van der Waals surface area contributed by atoms with E-state index in [1.807, 2.05) is 11.9 Å². The Balaban J connectivity index is 0.894. The van der Waals surface area contributed by atoms with Crippen LogP contribution >= 0.6 is 11.8 Å². The Hall–Kier alpha value is -7.22. The number of carbonyl (C=O) groups is 9. The molecule has 5 fully saturated rings. The maximum absolute atomic E-state index is 15.8. The van der Waals surface area contributed by atoms with Crippen molar-refractivity contribution < 1.29 is 67.6 Å². The molecule has 24 heteroatoms. The molecular weight excluding hydrogens is 1050 g/mol. The molecule has 1 aromatic heterocycles. The minimum atomic E-state index is -3.32. The van der Waals surface area contributed by atoms with Crippen molar-refractivity contribution in [2.45, 2.75) is 85.8 Å². The summed E-state index contributed by atoms with van der Waals surface area (Å²) in [6, 6.07) is 8.81. The number of rotatable bonds is 11. The second-order valence-corrected chi connectivity index (χ2v) is 23.9. The normalized spacial score (nSPS) is 30.5. The monoisotopic (exact) mass is 1110 g/mol. The number of aliphatic hydroxyl groups excluding tert-OH is 1. The van der Waals surface area contributed by atoms with Crippen LogP contribution in [0.4, 0.5) is 10.1 Å². The number of carbonyl (C=O) groups excluding carboxylic acids is 9. The average molecular weight is 1110 g/mol. The number of aromatic nitrogens is 1. The highest BCUT2D eigenvalue weighted by atomic mass is 32.2. The molecule has 0 radical (unpaired) electrons. The van der Waals surface area contributed by atoms with Gasteiger partial charge in [-0.15, -0.1) is 11.8 Å². The minimum Gasteiger partial charge on any atom is -0.424 e. The zero-order valence-electron chi connectivity index (χ0n) is 44.1. The molecule has 6 aliphatic rings. The Morgan fingerprint density at radius 1 is 0.924 bits per heavy atom. The number of nitrogens with zero attached hydrogens (tertiary/aromatic N) is 5. The number of esters is 1. The number of Topliss-reactive ketones (excluding diaryl/α,β-unsaturated/α-hetero) is 4. The molecule has 79 heavy (non-hydrogen) atoms. The van der Waals surface area contributed by atoms with Gasteiger partial charge in [-0.05, 0) is 78.2 Å². The number of benzene rings is 3. The first-order valence-electron chi connectivity index (χ1n) is 25.8. The number of ketones is 4. The van der Waals surface area contributed by atoms with Crippen LogP contribution in [0.1, 0.15) is 65.6 Å². The number of primary amides is 1. The number of anilines is 1. The van der Waals surface area contributed by atoms with Crippen molar-refractivity contribution >= 4 is 81.1 Å². The lowest BCUT2D eigenvalue weighted by Gasteiger charge is -2.57. The van der Waals surface area contributed by atoms with E-state index >= 15 is 4.39 Å². The van der Waals surface area contributed by atoms with Crippen LogP contribution in [-0.4, -0.2) is 175 Å². The first kappa shape index (κ1) is 55.1. The number of hydrogen-bond acceptors (Lipinski definition) is 18. The molecule has 7 N–H and O–H groups in total. The van der Waals surface area contributed by atoms with Crippen molar-refractivity contribution in [2.75, 3.05) is 52.2 Å². The number of nitrogens with two attached hydrogens (primary N) is 1. The summed E-state index contributed by atoms with van der Waals surface area (Å²) < 4.78 is 22.2. The molecule has 3 aromatic carbocycles. The SMILES string of the molecule is CCn1cc(C(=O)NC(C(=O)NC2C(=O)N3C2SC(C)(C)C3C(=O)Oc2cccc3c2C(=O)C2C(=O)C4(O)C(=O)C(C(N)=O)C(=O)C(N(C)C)C4C(O)C2C3(C)O)c2ccccc2)c(=O)c2cc(F)c(N3CCN(C)CC3)cc21. The molecule has 4 amide bonds. The van der Waals surface area contributed by atoms with Gasteiger partial charge in [0.05, 0.1) is 46.4 Å². The number of halogens is 1. The van der Waals surface area contributed by atoms with E-state index < -0.39 is 151 Å². The van der Waals surface area contributed by atoms with Gasteiger partial charge in [-0.3, -0.25) is 48.1 Å². The van der Waals surface area contributed by atoms with E-state index in [1.165, 1.54) is 55.2 Å². The smallest absolute Gasteiger partial charge is 0.335 e. The van der Waals surface area contributed by atoms with Crippen molar-refractivity contribution in [3.63, 3.8) is 0 Å². The van der Waals surface area contributed by atoms with Gasteiger partial charge in [0.1, 0.15) is 40.6 Å². The maximum Gasteiger partial charge on any atom is 0.335 e. The van der Waals surface area contributed by atoms with E-state index in [1.54, 1.807) is 61.7 Å². The van der Waals surface area contributed by atoms with Crippen LogP contribution in [0.5, 0.6) is 5.75 Å². The number of hydrogen-bond donors (Lipinski definition) is 6. The lowest BCUT2D eigenvalue weighted by Crippen LogP contribution is -2.78. The summed E-state index contributed by atoms with van der Waals surface area (Å²) in [5.74, 6) is -19.8. The van der Waals surface area contributed by atoms with Crippen LogP contribution in [0.2, 0.25) is 0 Å². The quantitative estimate of drug-likeness (QED) is 0.0484. The van der Waals surface area contributed by atoms with E-state index in [0.717, 1.165) is 30.9 Å². The van der Waals surface area contributed by atoms with Crippen molar-refractivity contribution in [3.8, 4) is 5.75 Å². The number of piperazine rings is 1. The third kappa shape index (κ3) is 8.39. The molecule has 12 unspecified atom stereocenters. The fourth-order valence-corrected chi connectivity index (χ4v) is 14.5. The Bertz CT molecular complexity index is 3400. The molecule has 10 rings (SSSR count). The minimum absolute atomic E-state index is 0.0353. The number of β-lactam (4-membered cyclic amide) rings is 1. The van der Waals surface area contributed by atoms with Gasteiger partial charge in [0.15, 0.2) is 34.7 Å². The van der Waals surface area contributed by atoms with Crippen molar-refractivity contribution in [3.05, 3.63) is 105 Å². The molecular formula is C55H59FN8O14S. The van der Waals surface area contributed by atoms with Gasteiger partial charge in [-0.25, -0.2) is 9.18 Å².